The van der Waals surface area contributed by atoms with E-state index in [1.54, 1.807) is 0 Å². The number of hydrogen-bond acceptors (Lipinski definition) is 1. The lowest BCUT2D eigenvalue weighted by atomic mass is 10.1. The van der Waals surface area contributed by atoms with E-state index >= 15 is 0 Å². The first kappa shape index (κ1) is 9.89. The lowest BCUT2D eigenvalue weighted by Gasteiger charge is -2.23. The van der Waals surface area contributed by atoms with E-state index in [0.29, 0.717) is 0 Å². The molecular weight excluding hydrogens is 129 g/mol. The van der Waals surface area contributed by atoms with E-state index in [-0.39, 0.29) is 12.7 Å². The molecule has 0 spiro atoms. The van der Waals surface area contributed by atoms with E-state index in [1.807, 2.05) is 7.05 Å². The summed E-state index contributed by atoms with van der Waals surface area (Å²) in [4.78, 5) is 2.06. The van der Waals surface area contributed by atoms with Crippen LogP contribution in [0.15, 0.2) is 0 Å². The molecule has 62 valence electrons. The van der Waals surface area contributed by atoms with Gasteiger partial charge < -0.3 is 4.90 Å². The first-order chi connectivity index (χ1) is 4.76. The zero-order chi connectivity index (χ0) is 7.98. The molecule has 1 unspecified atom stereocenters. The predicted octanol–water partition coefficient (Wildman–Crippen LogP) is 2.08. The van der Waals surface area contributed by atoms with E-state index < -0.39 is 0 Å². The average Bonchev–Trinajstić information content (AvgIpc) is 1.99. The van der Waals surface area contributed by atoms with E-state index in [4.69, 9.17) is 0 Å². The molecule has 0 rings (SSSR count). The molecule has 0 aliphatic rings. The largest absolute Gasteiger partial charge is 0.301 e. The summed E-state index contributed by atoms with van der Waals surface area (Å²) >= 11 is 0. The summed E-state index contributed by atoms with van der Waals surface area (Å²) in [6.07, 6.45) is 2.04. The fourth-order valence-corrected chi connectivity index (χ4v) is 1.01. The molecule has 2 heteroatoms. The molecule has 0 N–H and O–H groups in total. The maximum Gasteiger partial charge on any atom is 0.105 e. The molecule has 0 aliphatic carbocycles. The van der Waals surface area contributed by atoms with Crippen LogP contribution in [0.3, 0.4) is 0 Å². The topological polar surface area (TPSA) is 3.24 Å². The smallest absolute Gasteiger partial charge is 0.105 e. The van der Waals surface area contributed by atoms with Crippen LogP contribution in [0.5, 0.6) is 0 Å². The molecule has 0 heterocycles. The number of rotatable bonds is 5. The monoisotopic (exact) mass is 147 g/mol. The molecule has 0 amide bonds. The zero-order valence-electron chi connectivity index (χ0n) is 7.23. The molecule has 0 bridgehead atoms. The third kappa shape index (κ3) is 3.16. The van der Waals surface area contributed by atoms with Crippen molar-refractivity contribution in [2.75, 3.05) is 20.3 Å². The number of hydrogen-bond donors (Lipinski definition) is 0. The van der Waals surface area contributed by atoms with E-state index in [2.05, 4.69) is 18.7 Å². The van der Waals surface area contributed by atoms with Crippen LogP contribution < -0.4 is 0 Å². The summed E-state index contributed by atoms with van der Waals surface area (Å²) in [6, 6.07) is 0.148. The number of nitrogens with zero attached hydrogens (tertiary/aromatic N) is 1. The summed E-state index contributed by atoms with van der Waals surface area (Å²) in [6.45, 7) is 4.87. The van der Waals surface area contributed by atoms with Crippen LogP contribution in [0.25, 0.3) is 0 Å². The van der Waals surface area contributed by atoms with Crippen LogP contribution in [0, 0.1) is 0 Å². The van der Waals surface area contributed by atoms with E-state index in [9.17, 15) is 4.39 Å². The van der Waals surface area contributed by atoms with Gasteiger partial charge in [0.2, 0.25) is 0 Å². The fraction of sp³-hybridized carbons (Fsp3) is 1.00. The van der Waals surface area contributed by atoms with Crippen molar-refractivity contribution in [2.24, 2.45) is 0 Å². The summed E-state index contributed by atoms with van der Waals surface area (Å²) in [7, 11) is 1.97. The summed E-state index contributed by atoms with van der Waals surface area (Å²) in [5, 5.41) is 0. The Kier molecular flexibility index (Phi) is 5.60. The van der Waals surface area contributed by atoms with Crippen LogP contribution in [0.4, 0.5) is 4.39 Å². The summed E-state index contributed by atoms with van der Waals surface area (Å²) in [5.74, 6) is 0. The molecule has 1 atom stereocenters. The van der Waals surface area contributed by atoms with Crippen molar-refractivity contribution < 1.29 is 4.39 Å². The third-order valence-corrected chi connectivity index (χ3v) is 1.92. The van der Waals surface area contributed by atoms with Crippen molar-refractivity contribution in [3.8, 4) is 0 Å². The molecule has 0 radical (unpaired) electrons. The van der Waals surface area contributed by atoms with Gasteiger partial charge in [-0.15, -0.1) is 0 Å². The van der Waals surface area contributed by atoms with Crippen LogP contribution in [0.1, 0.15) is 26.7 Å². The Morgan fingerprint density at radius 1 is 1.40 bits per heavy atom. The predicted molar refractivity (Wildman–Crippen MR) is 43.0 cm³/mol. The van der Waals surface area contributed by atoms with Gasteiger partial charge in [0.25, 0.3) is 0 Å². The standard InChI is InChI=1S/C8H18FN/c1-4-6-8(7-9)10(3)5-2/h8H,4-7H2,1-3H3. The van der Waals surface area contributed by atoms with Crippen molar-refractivity contribution >= 4 is 0 Å². The van der Waals surface area contributed by atoms with Gasteiger partial charge >= 0.3 is 0 Å². The summed E-state index contributed by atoms with van der Waals surface area (Å²) < 4.78 is 12.2. The Labute approximate surface area is 63.2 Å². The highest BCUT2D eigenvalue weighted by Crippen LogP contribution is 2.04. The number of alkyl halides is 1. The maximum absolute atomic E-state index is 12.2. The zero-order valence-corrected chi connectivity index (χ0v) is 7.23. The second kappa shape index (κ2) is 5.66. The molecule has 0 aromatic carbocycles. The van der Waals surface area contributed by atoms with Gasteiger partial charge in [-0.3, -0.25) is 0 Å². The van der Waals surface area contributed by atoms with Gasteiger partial charge in [-0.2, -0.15) is 0 Å². The van der Waals surface area contributed by atoms with Crippen LogP contribution >= 0.6 is 0 Å². The van der Waals surface area contributed by atoms with Gasteiger partial charge in [0.1, 0.15) is 6.67 Å². The molecular formula is C8H18FN. The molecule has 0 aliphatic heterocycles. The molecule has 0 saturated heterocycles. The highest BCUT2D eigenvalue weighted by Gasteiger charge is 2.10. The van der Waals surface area contributed by atoms with Crippen molar-refractivity contribution in [3.05, 3.63) is 0 Å². The normalized spacial score (nSPS) is 14.1. The maximum atomic E-state index is 12.2. The summed E-state index contributed by atoms with van der Waals surface area (Å²) in [5.41, 5.74) is 0. The third-order valence-electron chi connectivity index (χ3n) is 1.92. The first-order valence-corrected chi connectivity index (χ1v) is 4.02. The van der Waals surface area contributed by atoms with Crippen LogP contribution in [0.2, 0.25) is 0 Å². The first-order valence-electron chi connectivity index (χ1n) is 4.02. The Hall–Kier alpha value is -0.110. The van der Waals surface area contributed by atoms with Crippen molar-refractivity contribution in [1.82, 2.24) is 4.90 Å². The van der Waals surface area contributed by atoms with Gasteiger partial charge in [0.05, 0.1) is 0 Å². The number of halogens is 1. The lowest BCUT2D eigenvalue weighted by molar-refractivity contribution is 0.198. The van der Waals surface area contributed by atoms with Crippen LogP contribution in [-0.4, -0.2) is 31.2 Å². The van der Waals surface area contributed by atoms with Gasteiger partial charge in [0, 0.05) is 6.04 Å². The Bertz CT molecular complexity index is 75.7. The Morgan fingerprint density at radius 3 is 2.30 bits per heavy atom. The van der Waals surface area contributed by atoms with Gasteiger partial charge in [-0.05, 0) is 20.0 Å². The second-order valence-electron chi connectivity index (χ2n) is 2.67. The molecule has 0 aromatic heterocycles. The Balaban J connectivity index is 3.56. The highest BCUT2D eigenvalue weighted by molar-refractivity contribution is 4.65. The van der Waals surface area contributed by atoms with Gasteiger partial charge in [-0.25, -0.2) is 4.39 Å². The van der Waals surface area contributed by atoms with Gasteiger partial charge in [-0.1, -0.05) is 20.3 Å². The minimum atomic E-state index is -0.210. The molecule has 10 heavy (non-hydrogen) atoms. The minimum Gasteiger partial charge on any atom is -0.301 e. The van der Waals surface area contributed by atoms with Crippen molar-refractivity contribution in [3.63, 3.8) is 0 Å². The quantitative estimate of drug-likeness (QED) is 0.575. The molecule has 0 saturated carbocycles. The molecule has 1 nitrogen and oxygen atoms in total. The Morgan fingerprint density at radius 2 is 2.00 bits per heavy atom. The van der Waals surface area contributed by atoms with Crippen LogP contribution in [-0.2, 0) is 0 Å². The van der Waals surface area contributed by atoms with Crippen molar-refractivity contribution in [1.29, 1.82) is 0 Å². The molecule has 0 aromatic rings. The van der Waals surface area contributed by atoms with Crippen molar-refractivity contribution in [2.45, 2.75) is 32.7 Å². The minimum absolute atomic E-state index is 0.148. The van der Waals surface area contributed by atoms with Gasteiger partial charge in [0.15, 0.2) is 0 Å². The SMILES string of the molecule is CCCC(CF)N(C)CC. The average molecular weight is 147 g/mol. The lowest BCUT2D eigenvalue weighted by Crippen LogP contribution is -2.32. The second-order valence-corrected chi connectivity index (χ2v) is 2.67. The molecule has 0 fully saturated rings. The van der Waals surface area contributed by atoms with E-state index in [1.165, 1.54) is 0 Å². The fourth-order valence-electron chi connectivity index (χ4n) is 1.01. The van der Waals surface area contributed by atoms with E-state index in [0.717, 1.165) is 19.4 Å². The highest BCUT2D eigenvalue weighted by atomic mass is 19.1.